The molecule has 7 amide bonds. The van der Waals surface area contributed by atoms with Crippen molar-refractivity contribution in [2.45, 2.75) is 116 Å². The fourth-order valence-corrected chi connectivity index (χ4v) is 6.98. The molecule has 0 bridgehead atoms. The number of nitrogens with zero attached hydrogens (tertiary/aromatic N) is 2. The summed E-state index contributed by atoms with van der Waals surface area (Å²) in [5, 5.41) is 10.1. The fraction of sp³-hybridized carbons (Fsp3) is 0.512. The van der Waals surface area contributed by atoms with E-state index in [1.807, 2.05) is 6.07 Å². The second-order valence-electron chi connectivity index (χ2n) is 15.3. The Kier molecular flexibility index (Phi) is 15.3. The van der Waals surface area contributed by atoms with Gasteiger partial charge in [0, 0.05) is 6.54 Å². The molecule has 2 aliphatic rings. The molecule has 15 nitrogen and oxygen atoms in total. The fourth-order valence-electron chi connectivity index (χ4n) is 6.98. The molecule has 0 aromatic heterocycles. The van der Waals surface area contributed by atoms with Crippen molar-refractivity contribution in [1.82, 2.24) is 31.1 Å². The van der Waals surface area contributed by atoms with E-state index >= 15 is 0 Å². The number of rotatable bonds is 16. The van der Waals surface area contributed by atoms with Gasteiger partial charge >= 0.3 is 12.1 Å². The van der Waals surface area contributed by atoms with Gasteiger partial charge in [0.05, 0.1) is 19.1 Å². The maximum absolute atomic E-state index is 14.5. The van der Waals surface area contributed by atoms with Crippen LogP contribution in [0.4, 0.5) is 9.59 Å². The number of carbonyl (C=O) groups excluding carboxylic acids is 8. The van der Waals surface area contributed by atoms with Gasteiger partial charge in [-0.05, 0) is 64.0 Å². The summed E-state index contributed by atoms with van der Waals surface area (Å²) in [6.45, 7) is 7.38. The number of imide groups is 1. The summed E-state index contributed by atoms with van der Waals surface area (Å²) in [5.74, 6) is -5.15. The average Bonchev–Trinajstić information content (AvgIpc) is 3.49. The number of amides is 7. The van der Waals surface area contributed by atoms with Gasteiger partial charge in [-0.25, -0.2) is 14.5 Å². The van der Waals surface area contributed by atoms with Gasteiger partial charge in [0.25, 0.3) is 11.8 Å². The molecule has 2 aromatic carbocycles. The van der Waals surface area contributed by atoms with E-state index in [4.69, 9.17) is 4.74 Å². The first-order valence-corrected chi connectivity index (χ1v) is 19.2. The maximum atomic E-state index is 14.5. The maximum Gasteiger partial charge on any atom is 0.408 e. The number of carbonyl (C=O) groups is 8. The molecule has 2 fully saturated rings. The van der Waals surface area contributed by atoms with Gasteiger partial charge < -0.3 is 30.9 Å². The Morgan fingerprint density at radius 1 is 0.857 bits per heavy atom. The lowest BCUT2D eigenvalue weighted by Crippen LogP contribution is -2.59. The summed E-state index contributed by atoms with van der Waals surface area (Å²) in [6.07, 6.45) is 3.39. The number of ether oxygens (including phenoxy) is 1. The van der Waals surface area contributed by atoms with Crippen LogP contribution in [0.1, 0.15) is 96.7 Å². The van der Waals surface area contributed by atoms with Crippen LogP contribution in [0.25, 0.3) is 0 Å². The Balaban J connectivity index is 1.53. The van der Waals surface area contributed by atoms with Crippen molar-refractivity contribution in [3.63, 3.8) is 0 Å². The molecule has 1 saturated heterocycles. The second-order valence-corrected chi connectivity index (χ2v) is 15.3. The van der Waals surface area contributed by atoms with E-state index in [-0.39, 0.29) is 31.2 Å². The lowest BCUT2D eigenvalue weighted by Gasteiger charge is -2.34. The van der Waals surface area contributed by atoms with Crippen molar-refractivity contribution in [2.75, 3.05) is 13.1 Å². The molecular formula is C41H54N6O9. The van der Waals surface area contributed by atoms with Crippen LogP contribution in [0.3, 0.4) is 0 Å². The predicted octanol–water partition coefficient (Wildman–Crippen LogP) is 3.71. The number of alkyl carbamates (subject to hydrolysis) is 1. The monoisotopic (exact) mass is 774 g/mol. The quantitative estimate of drug-likeness (QED) is 0.184. The summed E-state index contributed by atoms with van der Waals surface area (Å²) in [7, 11) is 0. The molecule has 1 saturated carbocycles. The zero-order valence-corrected chi connectivity index (χ0v) is 32.8. The van der Waals surface area contributed by atoms with E-state index in [1.165, 1.54) is 11.8 Å². The highest BCUT2D eigenvalue weighted by atomic mass is 16.6. The SMILES string of the molecule is CCCC(NC(=O)C1CN(Cc2ccccc2)C(=O)N1C(=O)C(NC(=O)OC(C)(C)C)C1CCCCC1)C(=O)C(=O)NCC(=O)N[C@H](C(C)=O)c1ccccc1. The third kappa shape index (κ3) is 11.9. The zero-order chi connectivity index (χ0) is 41.0. The number of urea groups is 1. The number of hydrogen-bond acceptors (Lipinski definition) is 9. The van der Waals surface area contributed by atoms with Crippen LogP contribution < -0.4 is 21.3 Å². The Hall–Kier alpha value is -5.60. The molecule has 15 heteroatoms. The summed E-state index contributed by atoms with van der Waals surface area (Å²) in [5.41, 5.74) is 0.439. The molecule has 1 aliphatic heterocycles. The Bertz CT molecular complexity index is 1740. The zero-order valence-electron chi connectivity index (χ0n) is 32.8. The minimum Gasteiger partial charge on any atom is -0.444 e. The van der Waals surface area contributed by atoms with Crippen LogP contribution in [0.15, 0.2) is 60.7 Å². The van der Waals surface area contributed by atoms with Gasteiger partial charge in [-0.3, -0.25) is 28.8 Å². The molecule has 4 rings (SSSR count). The summed E-state index contributed by atoms with van der Waals surface area (Å²) < 4.78 is 5.47. The minimum absolute atomic E-state index is 0.0395. The van der Waals surface area contributed by atoms with Gasteiger partial charge in [0.1, 0.15) is 23.7 Å². The molecule has 1 heterocycles. The van der Waals surface area contributed by atoms with E-state index in [0.717, 1.165) is 29.7 Å². The van der Waals surface area contributed by atoms with Crippen LogP contribution in [0, 0.1) is 5.92 Å². The van der Waals surface area contributed by atoms with Crippen LogP contribution in [0.5, 0.6) is 0 Å². The largest absolute Gasteiger partial charge is 0.444 e. The van der Waals surface area contributed by atoms with E-state index in [2.05, 4.69) is 21.3 Å². The molecule has 0 spiro atoms. The molecule has 1 aliphatic carbocycles. The van der Waals surface area contributed by atoms with Crippen LogP contribution in [0.2, 0.25) is 0 Å². The normalized spacial score (nSPS) is 17.6. The Labute approximate surface area is 327 Å². The summed E-state index contributed by atoms with van der Waals surface area (Å²) in [4.78, 5) is 109. The van der Waals surface area contributed by atoms with Crippen molar-refractivity contribution >= 4 is 47.3 Å². The Morgan fingerprint density at radius 3 is 2.07 bits per heavy atom. The topological polar surface area (TPSA) is 200 Å². The third-order valence-corrected chi connectivity index (χ3v) is 9.69. The van der Waals surface area contributed by atoms with E-state index < -0.39 is 77.8 Å². The van der Waals surface area contributed by atoms with Crippen molar-refractivity contribution < 1.29 is 43.1 Å². The van der Waals surface area contributed by atoms with Crippen molar-refractivity contribution in [2.24, 2.45) is 5.92 Å². The van der Waals surface area contributed by atoms with Gasteiger partial charge in [0.2, 0.25) is 17.6 Å². The van der Waals surface area contributed by atoms with Crippen molar-refractivity contribution in [3.8, 4) is 0 Å². The third-order valence-electron chi connectivity index (χ3n) is 9.69. The molecule has 0 radical (unpaired) electrons. The van der Waals surface area contributed by atoms with Crippen LogP contribution in [-0.4, -0.2) is 93.9 Å². The molecule has 56 heavy (non-hydrogen) atoms. The van der Waals surface area contributed by atoms with Gasteiger partial charge in [0.15, 0.2) is 5.78 Å². The highest BCUT2D eigenvalue weighted by Gasteiger charge is 2.49. The summed E-state index contributed by atoms with van der Waals surface area (Å²) in [6, 6.07) is 11.9. The van der Waals surface area contributed by atoms with E-state index in [1.54, 1.807) is 82.3 Å². The number of ketones is 2. The number of hydrogen-bond donors (Lipinski definition) is 4. The number of Topliss-reactive ketones (excluding diaryl/α,β-unsaturated/α-hetero) is 2. The average molecular weight is 775 g/mol. The number of nitrogens with one attached hydrogen (secondary N) is 4. The van der Waals surface area contributed by atoms with Crippen LogP contribution >= 0.6 is 0 Å². The minimum atomic E-state index is -1.41. The van der Waals surface area contributed by atoms with Gasteiger partial charge in [-0.2, -0.15) is 0 Å². The first-order valence-electron chi connectivity index (χ1n) is 19.2. The summed E-state index contributed by atoms with van der Waals surface area (Å²) >= 11 is 0. The predicted molar refractivity (Wildman–Crippen MR) is 205 cm³/mol. The highest BCUT2D eigenvalue weighted by molar-refractivity contribution is 6.38. The molecule has 2 aromatic rings. The lowest BCUT2D eigenvalue weighted by molar-refractivity contribution is -0.142. The molecular weight excluding hydrogens is 720 g/mol. The van der Waals surface area contributed by atoms with E-state index in [9.17, 15) is 38.4 Å². The Morgan fingerprint density at radius 2 is 1.48 bits per heavy atom. The first-order chi connectivity index (χ1) is 26.6. The molecule has 302 valence electrons. The standard InChI is InChI=1S/C41H54N6O9/c1-6-16-30(35(50)37(52)42-23-32(49)44-33(26(2)48)28-19-12-8-13-20-28)43-36(51)31-25-46(24-27-17-10-7-11-18-27)40(55)47(31)38(53)34(29-21-14-9-15-22-29)45-39(54)56-41(3,4)5/h7-8,10-13,17-20,29-31,33-34H,6,9,14-16,21-25H2,1-5H3,(H,42,52)(H,43,51)(H,44,49)(H,45,54)/t30?,31?,33-,34?/m1/s1. The molecule has 4 atom stereocenters. The van der Waals surface area contributed by atoms with Crippen molar-refractivity contribution in [3.05, 3.63) is 71.8 Å². The smallest absolute Gasteiger partial charge is 0.408 e. The first kappa shape index (κ1) is 43.1. The lowest BCUT2D eigenvalue weighted by atomic mass is 9.83. The van der Waals surface area contributed by atoms with E-state index in [0.29, 0.717) is 24.8 Å². The second kappa shape index (κ2) is 19.8. The molecule has 3 unspecified atom stereocenters. The highest BCUT2D eigenvalue weighted by Crippen LogP contribution is 2.30. The van der Waals surface area contributed by atoms with Gasteiger partial charge in [-0.1, -0.05) is 93.3 Å². The van der Waals surface area contributed by atoms with Crippen LogP contribution in [-0.2, 0) is 40.0 Å². The van der Waals surface area contributed by atoms with Gasteiger partial charge in [-0.15, -0.1) is 0 Å². The number of benzene rings is 2. The van der Waals surface area contributed by atoms with Crippen molar-refractivity contribution in [1.29, 1.82) is 0 Å². The molecule has 4 N–H and O–H groups in total.